The molecule has 4 aromatic rings. The Bertz CT molecular complexity index is 1150. The summed E-state index contributed by atoms with van der Waals surface area (Å²) in [7, 11) is 1.55. The lowest BCUT2D eigenvalue weighted by Crippen LogP contribution is -2.12. The zero-order valence-electron chi connectivity index (χ0n) is 16.8. The Morgan fingerprint density at radius 1 is 0.867 bits per heavy atom. The fourth-order valence-corrected chi connectivity index (χ4v) is 4.20. The Morgan fingerprint density at radius 3 is 2.23 bits per heavy atom. The molecule has 30 heavy (non-hydrogen) atoms. The van der Waals surface area contributed by atoms with Crippen LogP contribution in [0.2, 0.25) is 0 Å². The molecule has 150 valence electrons. The predicted molar refractivity (Wildman–Crippen MR) is 120 cm³/mol. The lowest BCUT2D eigenvalue weighted by atomic mass is 10.1. The van der Waals surface area contributed by atoms with E-state index >= 15 is 0 Å². The van der Waals surface area contributed by atoms with Crippen LogP contribution >= 0.6 is 11.3 Å². The maximum Gasteiger partial charge on any atom is 0.317 e. The van der Waals surface area contributed by atoms with Gasteiger partial charge in [0.2, 0.25) is 0 Å². The van der Waals surface area contributed by atoms with E-state index in [2.05, 4.69) is 31.2 Å². The number of ether oxygens (including phenoxy) is 2. The molecule has 3 aromatic carbocycles. The summed E-state index contributed by atoms with van der Waals surface area (Å²) in [5, 5.41) is 0.881. The van der Waals surface area contributed by atoms with Crippen LogP contribution in [0.1, 0.15) is 11.3 Å². The van der Waals surface area contributed by atoms with Gasteiger partial charge in [0.1, 0.15) is 5.01 Å². The number of benzene rings is 3. The molecule has 4 nitrogen and oxygen atoms in total. The summed E-state index contributed by atoms with van der Waals surface area (Å²) < 4.78 is 10.8. The molecule has 0 N–H and O–H groups in total. The van der Waals surface area contributed by atoms with Crippen LogP contribution in [-0.2, 0) is 11.2 Å². The van der Waals surface area contributed by atoms with E-state index in [1.165, 1.54) is 5.56 Å². The van der Waals surface area contributed by atoms with E-state index < -0.39 is 0 Å². The molecule has 0 unspecified atom stereocenters. The van der Waals surface area contributed by atoms with Gasteiger partial charge < -0.3 is 9.47 Å². The average Bonchev–Trinajstić information content (AvgIpc) is 3.19. The number of hydrogen-bond acceptors (Lipinski definition) is 5. The summed E-state index contributed by atoms with van der Waals surface area (Å²) in [6.45, 7) is 2.05. The molecule has 0 saturated heterocycles. The first kappa shape index (κ1) is 19.9. The van der Waals surface area contributed by atoms with Crippen molar-refractivity contribution in [2.75, 3.05) is 7.11 Å². The molecule has 0 fully saturated rings. The van der Waals surface area contributed by atoms with Gasteiger partial charge in [-0.15, -0.1) is 11.3 Å². The molecular formula is C25H21NO3S. The zero-order valence-corrected chi connectivity index (χ0v) is 17.6. The second kappa shape index (κ2) is 8.93. The summed E-state index contributed by atoms with van der Waals surface area (Å²) in [5.74, 6) is 0.547. The molecule has 0 aliphatic rings. The van der Waals surface area contributed by atoms with E-state index in [0.29, 0.717) is 17.2 Å². The SMILES string of the molecule is COc1ccccc1OC(=O)Cc1nc(-c2ccccc2)sc1-c1ccc(C)cc1. The first-order valence-electron chi connectivity index (χ1n) is 9.60. The van der Waals surface area contributed by atoms with Crippen molar-refractivity contribution in [3.63, 3.8) is 0 Å². The van der Waals surface area contributed by atoms with Gasteiger partial charge >= 0.3 is 5.97 Å². The first-order chi connectivity index (χ1) is 14.6. The van der Waals surface area contributed by atoms with Crippen molar-refractivity contribution in [2.45, 2.75) is 13.3 Å². The molecule has 0 atom stereocenters. The third-order valence-corrected chi connectivity index (χ3v) is 5.83. The highest BCUT2D eigenvalue weighted by atomic mass is 32.1. The summed E-state index contributed by atoms with van der Waals surface area (Å²) >= 11 is 1.58. The molecule has 0 amide bonds. The minimum atomic E-state index is -0.377. The lowest BCUT2D eigenvalue weighted by molar-refractivity contribution is -0.133. The van der Waals surface area contributed by atoms with Crippen LogP contribution < -0.4 is 9.47 Å². The largest absolute Gasteiger partial charge is 0.493 e. The average molecular weight is 416 g/mol. The van der Waals surface area contributed by atoms with Crippen LogP contribution in [0.25, 0.3) is 21.0 Å². The van der Waals surface area contributed by atoms with Crippen molar-refractivity contribution in [3.05, 3.63) is 90.1 Å². The quantitative estimate of drug-likeness (QED) is 0.289. The predicted octanol–water partition coefficient (Wildman–Crippen LogP) is 5.94. The van der Waals surface area contributed by atoms with Crippen LogP contribution in [0, 0.1) is 6.92 Å². The van der Waals surface area contributed by atoms with E-state index in [9.17, 15) is 4.79 Å². The van der Waals surface area contributed by atoms with Crippen LogP contribution in [0.15, 0.2) is 78.9 Å². The number of hydrogen-bond donors (Lipinski definition) is 0. The number of rotatable bonds is 6. The van der Waals surface area contributed by atoms with Crippen molar-refractivity contribution < 1.29 is 14.3 Å². The summed E-state index contributed by atoms with van der Waals surface area (Å²) in [6.07, 6.45) is 0.0740. The summed E-state index contributed by atoms with van der Waals surface area (Å²) in [6, 6.07) is 25.4. The molecule has 1 heterocycles. The number of para-hydroxylation sites is 2. The summed E-state index contributed by atoms with van der Waals surface area (Å²) in [5.41, 5.74) is 3.96. The van der Waals surface area contributed by atoms with Crippen molar-refractivity contribution in [1.82, 2.24) is 4.98 Å². The number of nitrogens with zero attached hydrogens (tertiary/aromatic N) is 1. The van der Waals surface area contributed by atoms with E-state index in [4.69, 9.17) is 14.5 Å². The van der Waals surface area contributed by atoms with E-state index in [1.807, 2.05) is 36.4 Å². The van der Waals surface area contributed by atoms with Crippen molar-refractivity contribution >= 4 is 17.3 Å². The Morgan fingerprint density at radius 2 is 1.53 bits per heavy atom. The number of esters is 1. The molecule has 0 spiro atoms. The molecular weight excluding hydrogens is 394 g/mol. The molecule has 0 aliphatic heterocycles. The third kappa shape index (κ3) is 4.42. The highest BCUT2D eigenvalue weighted by Gasteiger charge is 2.19. The number of aryl methyl sites for hydroxylation is 1. The molecule has 5 heteroatoms. The van der Waals surface area contributed by atoms with Gasteiger partial charge in [-0.3, -0.25) is 4.79 Å². The smallest absolute Gasteiger partial charge is 0.317 e. The number of thiazole rings is 1. The van der Waals surface area contributed by atoms with E-state index in [-0.39, 0.29) is 12.4 Å². The normalized spacial score (nSPS) is 10.6. The van der Waals surface area contributed by atoms with Crippen LogP contribution in [-0.4, -0.2) is 18.1 Å². The Hall–Kier alpha value is -3.44. The minimum absolute atomic E-state index is 0.0740. The topological polar surface area (TPSA) is 48.4 Å². The van der Waals surface area contributed by atoms with Crippen LogP contribution in [0.3, 0.4) is 0 Å². The maximum atomic E-state index is 12.7. The molecule has 4 rings (SSSR count). The van der Waals surface area contributed by atoms with Gasteiger partial charge in [-0.25, -0.2) is 4.98 Å². The second-order valence-corrected chi connectivity index (χ2v) is 7.83. The Labute approximate surface area is 179 Å². The number of aromatic nitrogens is 1. The fourth-order valence-electron chi connectivity index (χ4n) is 3.10. The van der Waals surface area contributed by atoms with Crippen molar-refractivity contribution in [1.29, 1.82) is 0 Å². The fraction of sp³-hybridized carbons (Fsp3) is 0.120. The second-order valence-electron chi connectivity index (χ2n) is 6.83. The van der Waals surface area contributed by atoms with Gasteiger partial charge in [0.15, 0.2) is 11.5 Å². The zero-order chi connectivity index (χ0) is 20.9. The number of carbonyl (C=O) groups excluding carboxylic acids is 1. The van der Waals surface area contributed by atoms with E-state index in [0.717, 1.165) is 21.0 Å². The number of methoxy groups -OCH3 is 1. The summed E-state index contributed by atoms with van der Waals surface area (Å²) in [4.78, 5) is 18.5. The van der Waals surface area contributed by atoms with E-state index in [1.54, 1.807) is 36.6 Å². The van der Waals surface area contributed by atoms with Gasteiger partial charge in [-0.05, 0) is 24.6 Å². The minimum Gasteiger partial charge on any atom is -0.493 e. The highest BCUT2D eigenvalue weighted by Crippen LogP contribution is 2.36. The molecule has 0 saturated carbocycles. The molecule has 0 aliphatic carbocycles. The van der Waals surface area contributed by atoms with Gasteiger partial charge in [-0.1, -0.05) is 72.3 Å². The highest BCUT2D eigenvalue weighted by molar-refractivity contribution is 7.18. The maximum absolute atomic E-state index is 12.7. The van der Waals surface area contributed by atoms with Gasteiger partial charge in [0.05, 0.1) is 24.1 Å². The molecule has 1 aromatic heterocycles. The Balaban J connectivity index is 1.66. The van der Waals surface area contributed by atoms with Gasteiger partial charge in [-0.2, -0.15) is 0 Å². The van der Waals surface area contributed by atoms with Crippen LogP contribution in [0.4, 0.5) is 0 Å². The Kier molecular flexibility index (Phi) is 5.91. The van der Waals surface area contributed by atoms with Crippen molar-refractivity contribution in [3.8, 4) is 32.5 Å². The van der Waals surface area contributed by atoms with Gasteiger partial charge in [0.25, 0.3) is 0 Å². The molecule has 0 radical (unpaired) electrons. The first-order valence-corrected chi connectivity index (χ1v) is 10.4. The third-order valence-electron chi connectivity index (χ3n) is 4.64. The molecule has 0 bridgehead atoms. The van der Waals surface area contributed by atoms with Crippen LogP contribution in [0.5, 0.6) is 11.5 Å². The monoisotopic (exact) mass is 415 g/mol. The van der Waals surface area contributed by atoms with Crippen molar-refractivity contribution in [2.24, 2.45) is 0 Å². The lowest BCUT2D eigenvalue weighted by Gasteiger charge is -2.08. The standard InChI is InChI=1S/C25H21NO3S/c1-17-12-14-18(15-13-17)24-20(26-25(30-24)19-8-4-3-5-9-19)16-23(27)29-22-11-7-6-10-21(22)28-2/h3-15H,16H2,1-2H3. The van der Waals surface area contributed by atoms with Gasteiger partial charge in [0, 0.05) is 5.56 Å². The number of carbonyl (C=O) groups is 1.